The lowest BCUT2D eigenvalue weighted by Crippen LogP contribution is -2.69. The van der Waals surface area contributed by atoms with Gasteiger partial charge < -0.3 is 18.8 Å². The van der Waals surface area contributed by atoms with Crippen molar-refractivity contribution in [2.45, 2.75) is 90.8 Å². The van der Waals surface area contributed by atoms with Gasteiger partial charge in [-0.1, -0.05) is 124 Å². The maximum Gasteiger partial charge on any atom is 0.356 e. The number of thiophene rings is 1. The molecule has 0 aliphatic carbocycles. The van der Waals surface area contributed by atoms with Gasteiger partial charge in [-0.05, 0) is 73.9 Å². The minimum absolute atomic E-state index is 0.0801. The summed E-state index contributed by atoms with van der Waals surface area (Å²) in [7, 11) is -2.40. The van der Waals surface area contributed by atoms with E-state index >= 15 is 4.79 Å². The molecule has 3 atom stereocenters. The summed E-state index contributed by atoms with van der Waals surface area (Å²) in [5.41, 5.74) is -0.522. The van der Waals surface area contributed by atoms with E-state index in [-0.39, 0.29) is 35.2 Å². The number of benzene rings is 3. The van der Waals surface area contributed by atoms with Crippen molar-refractivity contribution < 1.29 is 33.1 Å². The molecule has 11 heteroatoms. The van der Waals surface area contributed by atoms with Crippen molar-refractivity contribution in [2.75, 3.05) is 6.61 Å². The third kappa shape index (κ3) is 8.79. The molecule has 4 aromatic rings. The Balaban J connectivity index is 1.78. The van der Waals surface area contributed by atoms with Gasteiger partial charge in [-0.2, -0.15) is 0 Å². The van der Waals surface area contributed by atoms with E-state index in [9.17, 15) is 14.4 Å². The number of esters is 2. The predicted octanol–water partition coefficient (Wildman–Crippen LogP) is 8.37. The van der Waals surface area contributed by atoms with Crippen LogP contribution < -0.4 is 15.9 Å². The molecule has 0 saturated carbocycles. The fourth-order valence-electron chi connectivity index (χ4n) is 6.86. The Hall–Kier alpha value is -4.34. The van der Waals surface area contributed by atoms with Crippen LogP contribution in [0, 0.1) is 5.92 Å². The van der Waals surface area contributed by atoms with Crippen LogP contribution in [-0.4, -0.2) is 66.6 Å². The summed E-state index contributed by atoms with van der Waals surface area (Å²) < 4.78 is 18.4. The van der Waals surface area contributed by atoms with Crippen molar-refractivity contribution >= 4 is 71.5 Å². The molecule has 0 unspecified atom stereocenters. The first kappa shape index (κ1) is 42.8. The zero-order valence-corrected chi connectivity index (χ0v) is 36.6. The number of carbonyl (C=O) groups is 4. The van der Waals surface area contributed by atoms with Crippen LogP contribution in [-0.2, 0) is 23.5 Å². The third-order valence-electron chi connectivity index (χ3n) is 10.4. The van der Waals surface area contributed by atoms with Crippen LogP contribution in [0.4, 0.5) is 0 Å². The second-order valence-electron chi connectivity index (χ2n) is 16.6. The van der Waals surface area contributed by atoms with Crippen molar-refractivity contribution in [3.63, 3.8) is 0 Å². The highest BCUT2D eigenvalue weighted by atomic mass is 32.1. The maximum absolute atomic E-state index is 15.1. The number of hydrogen-bond donors (Lipinski definition) is 0. The largest absolute Gasteiger partial charge is 0.457 e. The lowest BCUT2D eigenvalue weighted by atomic mass is 9.80. The number of Topliss-reactive ketones (excluding diaryl/α,β-unsaturated/α-hetero) is 1. The summed E-state index contributed by atoms with van der Waals surface area (Å²) in [6.07, 6.45) is 0.812. The van der Waals surface area contributed by atoms with E-state index in [0.29, 0.717) is 9.75 Å². The van der Waals surface area contributed by atoms with E-state index in [1.54, 1.807) is 37.8 Å². The number of nitrogens with zero attached hydrogens (tertiary/aromatic N) is 1. The van der Waals surface area contributed by atoms with Gasteiger partial charge in [-0.15, -0.1) is 11.3 Å². The van der Waals surface area contributed by atoms with Gasteiger partial charge >= 0.3 is 11.9 Å². The minimum Gasteiger partial charge on any atom is -0.457 e. The van der Waals surface area contributed by atoms with Gasteiger partial charge in [0.05, 0.1) is 22.9 Å². The van der Waals surface area contributed by atoms with Gasteiger partial charge in [0.1, 0.15) is 22.5 Å². The van der Waals surface area contributed by atoms with Gasteiger partial charge in [-0.25, -0.2) is 9.59 Å². The van der Waals surface area contributed by atoms with Gasteiger partial charge in [-0.3, -0.25) is 9.59 Å². The molecule has 1 aliphatic heterocycles. The average molecular weight is 812 g/mol. The summed E-state index contributed by atoms with van der Waals surface area (Å²) >= 11 is 1.06. The smallest absolute Gasteiger partial charge is 0.356 e. The molecule has 1 amide bonds. The molecule has 56 heavy (non-hydrogen) atoms. The van der Waals surface area contributed by atoms with Crippen LogP contribution in [0.5, 0.6) is 0 Å². The first-order valence-electron chi connectivity index (χ1n) is 18.9. The summed E-state index contributed by atoms with van der Waals surface area (Å²) in [5.74, 6) is -2.50. The molecule has 1 aromatic heterocycles. The normalized spacial score (nSPS) is 16.7. The van der Waals surface area contributed by atoms with Crippen LogP contribution in [0.3, 0.4) is 0 Å². The maximum atomic E-state index is 15.1. The molecule has 296 valence electrons. The number of hydrogen-bond acceptors (Lipinski definition) is 8. The lowest BCUT2D eigenvalue weighted by Gasteiger charge is -2.53. The first-order chi connectivity index (χ1) is 26.3. The number of rotatable bonds is 14. The summed E-state index contributed by atoms with van der Waals surface area (Å²) in [6.45, 7) is 18.4. The zero-order valence-electron chi connectivity index (χ0n) is 33.9. The highest BCUT2D eigenvalue weighted by Gasteiger charge is 2.57. The standard InChI is InChI=1S/C45H54NO7PSSi/c1-11-29-51-43(50)41(54(32-21-15-12-16-22-32,33-23-17-13-18-24-33)34-25-19-14-20-26-34)46-35(39(40(46)48)31(2)53-56(9,10)45(6,7)8)30-36(47)37-27-28-38(55-37)42(49)52-44(3,4)5/h11-28,31,35,39H,1,29-30H2,2-10H3/t31-,35-,39-/m1/s1. The van der Waals surface area contributed by atoms with E-state index in [1.165, 1.54) is 6.08 Å². The number of amides is 1. The van der Waals surface area contributed by atoms with E-state index in [2.05, 4.69) is 40.4 Å². The van der Waals surface area contributed by atoms with Crippen molar-refractivity contribution in [1.82, 2.24) is 4.90 Å². The molecule has 0 radical (unpaired) electrons. The minimum atomic E-state index is -3.21. The highest BCUT2D eigenvalue weighted by molar-refractivity contribution is 7.96. The van der Waals surface area contributed by atoms with Gasteiger partial charge in [0.25, 0.3) is 0 Å². The van der Waals surface area contributed by atoms with E-state index < -0.39 is 50.8 Å². The second-order valence-corrected chi connectivity index (χ2v) is 25.7. The zero-order chi connectivity index (χ0) is 41.1. The predicted molar refractivity (Wildman–Crippen MR) is 232 cm³/mol. The number of ketones is 1. The van der Waals surface area contributed by atoms with Crippen LogP contribution in [0.25, 0.3) is 0 Å². The van der Waals surface area contributed by atoms with Crippen LogP contribution >= 0.6 is 18.2 Å². The lowest BCUT2D eigenvalue weighted by molar-refractivity contribution is -0.156. The van der Waals surface area contributed by atoms with Crippen LogP contribution in [0.2, 0.25) is 18.1 Å². The molecule has 1 fully saturated rings. The summed E-state index contributed by atoms with van der Waals surface area (Å²) in [4.78, 5) is 59.6. The topological polar surface area (TPSA) is 99.2 Å². The molecule has 3 aromatic carbocycles. The Morgan fingerprint density at radius 3 is 1.75 bits per heavy atom. The van der Waals surface area contributed by atoms with Crippen molar-refractivity contribution in [3.05, 3.63) is 126 Å². The van der Waals surface area contributed by atoms with Crippen LogP contribution in [0.15, 0.2) is 116 Å². The molecule has 0 spiro atoms. The van der Waals surface area contributed by atoms with Crippen molar-refractivity contribution in [1.29, 1.82) is 0 Å². The monoisotopic (exact) mass is 811 g/mol. The SMILES string of the molecule is C=CCOC(=O)C(N1C(=O)[C@H]([C@@H](C)O[Si](C)(C)C(C)(C)C)[C@H]1CC(=O)c1ccc(C(=O)OC(C)(C)C)s1)=P(c1ccccc1)(c1ccccc1)c1ccccc1. The number of ether oxygens (including phenoxy) is 2. The molecular weight excluding hydrogens is 758 g/mol. The molecule has 8 nitrogen and oxygen atoms in total. The summed E-state index contributed by atoms with van der Waals surface area (Å²) in [6, 6.07) is 31.7. The third-order valence-corrected chi connectivity index (χ3v) is 20.4. The fourth-order valence-corrected chi connectivity index (χ4v) is 13.5. The van der Waals surface area contributed by atoms with E-state index in [1.807, 2.05) is 97.9 Å². The Bertz CT molecular complexity index is 2010. The Labute approximate surface area is 337 Å². The summed E-state index contributed by atoms with van der Waals surface area (Å²) in [5, 5.41) is 2.38. The van der Waals surface area contributed by atoms with E-state index in [4.69, 9.17) is 13.9 Å². The van der Waals surface area contributed by atoms with Gasteiger partial charge in [0.2, 0.25) is 5.91 Å². The molecular formula is C45H54NO7PSSi. The van der Waals surface area contributed by atoms with Gasteiger partial charge in [0.15, 0.2) is 14.1 Å². The van der Waals surface area contributed by atoms with Crippen molar-refractivity contribution in [2.24, 2.45) is 5.92 Å². The molecule has 5 rings (SSSR count). The molecule has 2 heterocycles. The first-order valence-corrected chi connectivity index (χ1v) is 24.4. The Morgan fingerprint density at radius 1 is 0.821 bits per heavy atom. The molecule has 1 saturated heterocycles. The second kappa shape index (κ2) is 17.0. The quantitative estimate of drug-likeness (QED) is 0.0315. The van der Waals surface area contributed by atoms with E-state index in [0.717, 1.165) is 27.3 Å². The molecule has 1 aliphatic rings. The Morgan fingerprint density at radius 2 is 1.30 bits per heavy atom. The molecule has 0 bridgehead atoms. The van der Waals surface area contributed by atoms with Crippen molar-refractivity contribution in [3.8, 4) is 0 Å². The average Bonchev–Trinajstić information content (AvgIpc) is 3.65. The highest BCUT2D eigenvalue weighted by Crippen LogP contribution is 2.51. The molecule has 0 N–H and O–H groups in total. The van der Waals surface area contributed by atoms with Crippen LogP contribution in [0.1, 0.15) is 74.2 Å². The fraction of sp³-hybridized carbons (Fsp3) is 0.356. The number of likely N-dealkylation sites (tertiary alicyclic amines) is 1. The number of β-lactam (4-membered cyclic amide) rings is 1. The number of carbonyl (C=O) groups excluding carboxylic acids is 4. The Kier molecular flexibility index (Phi) is 13.0. The van der Waals surface area contributed by atoms with Gasteiger partial charge in [0, 0.05) is 13.3 Å².